The molecule has 0 fully saturated rings. The first-order chi connectivity index (χ1) is 9.06. The van der Waals surface area contributed by atoms with Crippen LogP contribution in [-0.4, -0.2) is 25.8 Å². The van der Waals surface area contributed by atoms with E-state index in [9.17, 15) is 8.42 Å². The van der Waals surface area contributed by atoms with Gasteiger partial charge in [-0.25, -0.2) is 8.42 Å². The summed E-state index contributed by atoms with van der Waals surface area (Å²) in [6.45, 7) is 5.35. The average Bonchev–Trinajstić information content (AvgIpc) is 2.88. The smallest absolute Gasteiger partial charge is 0.206 e. The van der Waals surface area contributed by atoms with Crippen molar-refractivity contribution in [2.45, 2.75) is 49.6 Å². The SMILES string of the molecule is CCCCN(CCCC)S(=O)(=O)c1cc(CCl)cs1. The number of nitrogens with zero attached hydrogens (tertiary/aromatic N) is 1. The Hall–Kier alpha value is -0.100. The fourth-order valence-electron chi connectivity index (χ4n) is 1.71. The van der Waals surface area contributed by atoms with Gasteiger partial charge in [-0.2, -0.15) is 4.31 Å². The third-order valence-electron chi connectivity index (χ3n) is 2.90. The molecule has 110 valence electrons. The lowest BCUT2D eigenvalue weighted by Gasteiger charge is -2.20. The van der Waals surface area contributed by atoms with Gasteiger partial charge in [0.25, 0.3) is 10.0 Å². The van der Waals surface area contributed by atoms with Crippen molar-refractivity contribution < 1.29 is 8.42 Å². The highest BCUT2D eigenvalue weighted by Crippen LogP contribution is 2.25. The standard InChI is InChI=1S/C13H22ClNO2S2/c1-3-5-7-15(8-6-4-2)19(16,17)13-9-12(10-14)11-18-13/h9,11H,3-8,10H2,1-2H3. The maximum atomic E-state index is 12.6. The Kier molecular flexibility index (Phi) is 7.36. The molecule has 1 heterocycles. The highest BCUT2D eigenvalue weighted by atomic mass is 35.5. The van der Waals surface area contributed by atoms with Crippen LogP contribution in [0.15, 0.2) is 15.7 Å². The Balaban J connectivity index is 2.90. The van der Waals surface area contributed by atoms with Crippen LogP contribution < -0.4 is 0 Å². The van der Waals surface area contributed by atoms with Crippen molar-refractivity contribution in [1.82, 2.24) is 4.31 Å². The zero-order valence-corrected chi connectivity index (χ0v) is 14.0. The third-order valence-corrected chi connectivity index (χ3v) is 6.57. The van der Waals surface area contributed by atoms with E-state index in [-0.39, 0.29) is 0 Å². The Morgan fingerprint density at radius 3 is 2.21 bits per heavy atom. The van der Waals surface area contributed by atoms with Gasteiger partial charge in [0.15, 0.2) is 0 Å². The zero-order chi connectivity index (χ0) is 14.3. The lowest BCUT2D eigenvalue weighted by Crippen LogP contribution is -2.32. The van der Waals surface area contributed by atoms with Gasteiger partial charge in [0.05, 0.1) is 0 Å². The normalized spacial score (nSPS) is 12.2. The quantitative estimate of drug-likeness (QED) is 0.642. The van der Waals surface area contributed by atoms with E-state index in [4.69, 9.17) is 11.6 Å². The molecule has 0 saturated heterocycles. The molecule has 6 heteroatoms. The summed E-state index contributed by atoms with van der Waals surface area (Å²) in [4.78, 5) is 0. The predicted molar refractivity (Wildman–Crippen MR) is 82.5 cm³/mol. The maximum Gasteiger partial charge on any atom is 0.252 e. The fourth-order valence-corrected chi connectivity index (χ4v) is 4.83. The molecule has 0 amide bonds. The molecule has 1 rings (SSSR count). The predicted octanol–water partition coefficient (Wildman–Crippen LogP) is 4.08. The van der Waals surface area contributed by atoms with Crippen LogP contribution in [0.2, 0.25) is 0 Å². The van der Waals surface area contributed by atoms with Crippen molar-refractivity contribution >= 4 is 33.0 Å². The molecule has 19 heavy (non-hydrogen) atoms. The van der Waals surface area contributed by atoms with E-state index in [2.05, 4.69) is 13.8 Å². The van der Waals surface area contributed by atoms with Crippen LogP contribution >= 0.6 is 22.9 Å². The van der Waals surface area contributed by atoms with E-state index in [0.717, 1.165) is 31.2 Å². The molecule has 0 spiro atoms. The number of unbranched alkanes of at least 4 members (excludes halogenated alkanes) is 2. The van der Waals surface area contributed by atoms with E-state index in [1.54, 1.807) is 10.4 Å². The van der Waals surface area contributed by atoms with Gasteiger partial charge in [0, 0.05) is 19.0 Å². The number of hydrogen-bond acceptors (Lipinski definition) is 3. The summed E-state index contributed by atoms with van der Waals surface area (Å²) in [5.41, 5.74) is 0.871. The summed E-state index contributed by atoms with van der Waals surface area (Å²) in [5.74, 6) is 0.357. The zero-order valence-electron chi connectivity index (χ0n) is 11.6. The molecule has 0 N–H and O–H groups in total. The number of alkyl halides is 1. The summed E-state index contributed by atoms with van der Waals surface area (Å²) >= 11 is 7.00. The number of halogens is 1. The molecule has 0 saturated carbocycles. The minimum atomic E-state index is -3.34. The minimum Gasteiger partial charge on any atom is -0.206 e. The van der Waals surface area contributed by atoms with Crippen LogP contribution in [0.1, 0.15) is 45.1 Å². The molecule has 0 bridgehead atoms. The molecule has 0 aliphatic rings. The second-order valence-corrected chi connectivity index (χ2v) is 7.86. The molecule has 0 aliphatic heterocycles. The Labute approximate surface area is 125 Å². The molecule has 0 atom stereocenters. The Morgan fingerprint density at radius 1 is 1.21 bits per heavy atom. The average molecular weight is 324 g/mol. The van der Waals surface area contributed by atoms with Gasteiger partial charge in [0.2, 0.25) is 0 Å². The molecule has 0 radical (unpaired) electrons. The first kappa shape index (κ1) is 17.0. The maximum absolute atomic E-state index is 12.6. The van der Waals surface area contributed by atoms with Gasteiger partial charge in [-0.1, -0.05) is 26.7 Å². The van der Waals surface area contributed by atoms with Crippen molar-refractivity contribution in [3.8, 4) is 0 Å². The van der Waals surface area contributed by atoms with Gasteiger partial charge in [-0.15, -0.1) is 22.9 Å². The lowest BCUT2D eigenvalue weighted by atomic mass is 10.3. The molecule has 1 aromatic heterocycles. The van der Waals surface area contributed by atoms with Crippen LogP contribution in [0.25, 0.3) is 0 Å². The fraction of sp³-hybridized carbons (Fsp3) is 0.692. The summed E-state index contributed by atoms with van der Waals surface area (Å²) in [5, 5.41) is 1.82. The van der Waals surface area contributed by atoms with E-state index in [1.807, 2.05) is 5.38 Å². The van der Waals surface area contributed by atoms with Gasteiger partial charge >= 0.3 is 0 Å². The van der Waals surface area contributed by atoms with Crippen LogP contribution in [0.3, 0.4) is 0 Å². The van der Waals surface area contributed by atoms with Crippen molar-refractivity contribution in [2.24, 2.45) is 0 Å². The van der Waals surface area contributed by atoms with Crippen LogP contribution in [0.5, 0.6) is 0 Å². The number of sulfonamides is 1. The molecule has 0 aliphatic carbocycles. The van der Waals surface area contributed by atoms with Crippen LogP contribution in [0, 0.1) is 0 Å². The highest BCUT2D eigenvalue weighted by molar-refractivity contribution is 7.91. The topological polar surface area (TPSA) is 37.4 Å². The number of rotatable bonds is 9. The van der Waals surface area contributed by atoms with Crippen molar-refractivity contribution in [3.63, 3.8) is 0 Å². The molecule has 3 nitrogen and oxygen atoms in total. The lowest BCUT2D eigenvalue weighted by molar-refractivity contribution is 0.396. The van der Waals surface area contributed by atoms with Crippen molar-refractivity contribution in [1.29, 1.82) is 0 Å². The van der Waals surface area contributed by atoms with E-state index < -0.39 is 10.0 Å². The van der Waals surface area contributed by atoms with E-state index in [1.165, 1.54) is 11.3 Å². The monoisotopic (exact) mass is 323 g/mol. The van der Waals surface area contributed by atoms with Gasteiger partial charge < -0.3 is 0 Å². The molecular formula is C13H22ClNO2S2. The molecule has 0 aromatic carbocycles. The first-order valence-corrected chi connectivity index (χ1v) is 9.55. The minimum absolute atomic E-state index is 0.357. The molecular weight excluding hydrogens is 302 g/mol. The van der Waals surface area contributed by atoms with Gasteiger partial charge in [-0.3, -0.25) is 0 Å². The third kappa shape index (κ3) is 4.74. The summed E-state index contributed by atoms with van der Waals surface area (Å²) in [6, 6.07) is 1.69. The largest absolute Gasteiger partial charge is 0.252 e. The first-order valence-electron chi connectivity index (χ1n) is 6.69. The second-order valence-electron chi connectivity index (χ2n) is 4.52. The van der Waals surface area contributed by atoms with Crippen LogP contribution in [-0.2, 0) is 15.9 Å². The Morgan fingerprint density at radius 2 is 1.79 bits per heavy atom. The van der Waals surface area contributed by atoms with Gasteiger partial charge in [0.1, 0.15) is 4.21 Å². The molecule has 1 aromatic rings. The molecule has 0 unspecified atom stereocenters. The highest BCUT2D eigenvalue weighted by Gasteiger charge is 2.25. The van der Waals surface area contributed by atoms with Crippen LogP contribution in [0.4, 0.5) is 0 Å². The van der Waals surface area contributed by atoms with Crippen molar-refractivity contribution in [2.75, 3.05) is 13.1 Å². The van der Waals surface area contributed by atoms with Crippen molar-refractivity contribution in [3.05, 3.63) is 17.0 Å². The van der Waals surface area contributed by atoms with Gasteiger partial charge in [-0.05, 0) is 29.9 Å². The summed E-state index contributed by atoms with van der Waals surface area (Å²) in [6.07, 6.45) is 3.79. The van der Waals surface area contributed by atoms with E-state index >= 15 is 0 Å². The second kappa shape index (κ2) is 8.25. The number of thiophene rings is 1. The Bertz CT molecular complexity index is 463. The number of hydrogen-bond donors (Lipinski definition) is 0. The summed E-state index contributed by atoms with van der Waals surface area (Å²) < 4.78 is 27.2. The summed E-state index contributed by atoms with van der Waals surface area (Å²) in [7, 11) is -3.34. The van der Waals surface area contributed by atoms with E-state index in [0.29, 0.717) is 23.2 Å².